The molecular weight excluding hydrogens is 322 g/mol. The van der Waals surface area contributed by atoms with Gasteiger partial charge in [0.15, 0.2) is 5.69 Å². The molecule has 0 spiro atoms. The quantitative estimate of drug-likeness (QED) is 0.752. The van der Waals surface area contributed by atoms with Crippen molar-refractivity contribution in [1.82, 2.24) is 15.1 Å². The van der Waals surface area contributed by atoms with E-state index in [2.05, 4.69) is 10.4 Å². The van der Waals surface area contributed by atoms with Crippen molar-refractivity contribution in [2.75, 3.05) is 0 Å². The Bertz CT molecular complexity index is 1020. The average molecular weight is 337 g/mol. The van der Waals surface area contributed by atoms with Crippen molar-refractivity contribution in [3.63, 3.8) is 0 Å². The molecule has 0 fully saturated rings. The van der Waals surface area contributed by atoms with Crippen LogP contribution in [0.1, 0.15) is 26.4 Å². The number of carboxylic acids is 1. The molecule has 0 bridgehead atoms. The predicted octanol–water partition coefficient (Wildman–Crippen LogP) is 1.56. The van der Waals surface area contributed by atoms with Gasteiger partial charge in [0.2, 0.25) is 0 Å². The molecule has 1 aromatic heterocycles. The highest BCUT2D eigenvalue weighted by Crippen LogP contribution is 2.13. The molecule has 0 radical (unpaired) electrons. The minimum absolute atomic E-state index is 0.167. The number of rotatable bonds is 4. The maximum absolute atomic E-state index is 12.5. The highest BCUT2D eigenvalue weighted by atomic mass is 16.4. The van der Waals surface area contributed by atoms with E-state index in [0.717, 1.165) is 10.2 Å². The molecule has 1 amide bonds. The number of hydrogen-bond donors (Lipinski definition) is 2. The lowest BCUT2D eigenvalue weighted by atomic mass is 10.1. The Morgan fingerprint density at radius 2 is 1.72 bits per heavy atom. The maximum atomic E-state index is 12.5. The summed E-state index contributed by atoms with van der Waals surface area (Å²) in [4.78, 5) is 35.4. The third-order valence-corrected chi connectivity index (χ3v) is 3.83. The third kappa shape index (κ3) is 3.25. The summed E-state index contributed by atoms with van der Waals surface area (Å²) >= 11 is 0. The number of carboxylic acid groups (broad SMARTS) is 1. The Balaban J connectivity index is 1.84. The first-order valence-electron chi connectivity index (χ1n) is 7.54. The summed E-state index contributed by atoms with van der Waals surface area (Å²) in [6.45, 7) is 0.220. The molecule has 25 heavy (non-hydrogen) atoms. The molecule has 0 saturated carbocycles. The highest BCUT2D eigenvalue weighted by Gasteiger charge is 2.15. The van der Waals surface area contributed by atoms with Crippen molar-refractivity contribution in [3.8, 4) is 0 Å². The molecule has 0 aliphatic heterocycles. The first-order valence-corrected chi connectivity index (χ1v) is 7.54. The number of aromatic nitrogens is 2. The lowest BCUT2D eigenvalue weighted by Crippen LogP contribution is -2.29. The minimum Gasteiger partial charge on any atom is -0.478 e. The molecule has 0 aliphatic carbocycles. The number of hydrogen-bond acceptors (Lipinski definition) is 4. The van der Waals surface area contributed by atoms with Crippen LogP contribution in [0, 0.1) is 0 Å². The van der Waals surface area contributed by atoms with Crippen LogP contribution in [0.25, 0.3) is 10.8 Å². The summed E-state index contributed by atoms with van der Waals surface area (Å²) in [6.07, 6.45) is 0. The predicted molar refractivity (Wildman–Crippen MR) is 91.6 cm³/mol. The van der Waals surface area contributed by atoms with E-state index in [1.165, 1.54) is 19.2 Å². The van der Waals surface area contributed by atoms with Gasteiger partial charge in [-0.1, -0.05) is 30.3 Å². The monoisotopic (exact) mass is 337 g/mol. The van der Waals surface area contributed by atoms with Crippen LogP contribution in [0.15, 0.2) is 53.3 Å². The Labute approximate surface area is 142 Å². The summed E-state index contributed by atoms with van der Waals surface area (Å²) in [5.74, 6) is -1.41. The number of benzene rings is 2. The van der Waals surface area contributed by atoms with E-state index in [1.807, 2.05) is 0 Å². The number of nitrogens with one attached hydrogen (secondary N) is 1. The Hall–Kier alpha value is -3.48. The van der Waals surface area contributed by atoms with Crippen molar-refractivity contribution < 1.29 is 14.7 Å². The van der Waals surface area contributed by atoms with Gasteiger partial charge in [-0.2, -0.15) is 5.10 Å². The summed E-state index contributed by atoms with van der Waals surface area (Å²) in [5.41, 5.74) is 0.838. The van der Waals surface area contributed by atoms with Gasteiger partial charge in [0, 0.05) is 19.0 Å². The molecule has 3 rings (SSSR count). The Morgan fingerprint density at radius 3 is 2.36 bits per heavy atom. The molecule has 0 saturated heterocycles. The number of carbonyl (C=O) groups is 2. The fraction of sp³-hybridized carbons (Fsp3) is 0.111. The topological polar surface area (TPSA) is 101 Å². The molecule has 0 unspecified atom stereocenters. The van der Waals surface area contributed by atoms with Crippen molar-refractivity contribution in [2.24, 2.45) is 7.05 Å². The van der Waals surface area contributed by atoms with E-state index >= 15 is 0 Å². The molecule has 1 heterocycles. The number of nitrogens with zero attached hydrogens (tertiary/aromatic N) is 2. The van der Waals surface area contributed by atoms with E-state index in [1.54, 1.807) is 36.4 Å². The normalized spacial score (nSPS) is 10.6. The van der Waals surface area contributed by atoms with Crippen LogP contribution in [-0.2, 0) is 13.6 Å². The minimum atomic E-state index is -1.00. The van der Waals surface area contributed by atoms with Gasteiger partial charge in [0.05, 0.1) is 10.9 Å². The average Bonchev–Trinajstić information content (AvgIpc) is 2.63. The Kier molecular flexibility index (Phi) is 4.30. The zero-order chi connectivity index (χ0) is 18.0. The second-order valence-electron chi connectivity index (χ2n) is 5.51. The summed E-state index contributed by atoms with van der Waals surface area (Å²) < 4.78 is 1.14. The summed E-state index contributed by atoms with van der Waals surface area (Å²) in [5, 5.41) is 16.6. The smallest absolute Gasteiger partial charge is 0.335 e. The molecule has 2 N–H and O–H groups in total. The number of carbonyl (C=O) groups excluding carboxylic acids is 1. The van der Waals surface area contributed by atoms with E-state index in [9.17, 15) is 14.4 Å². The van der Waals surface area contributed by atoms with Crippen molar-refractivity contribution >= 4 is 22.6 Å². The van der Waals surface area contributed by atoms with Gasteiger partial charge in [0.1, 0.15) is 0 Å². The van der Waals surface area contributed by atoms with Crippen molar-refractivity contribution in [3.05, 3.63) is 75.7 Å². The van der Waals surface area contributed by atoms with Gasteiger partial charge >= 0.3 is 5.97 Å². The number of fused-ring (bicyclic) bond motifs is 1. The van der Waals surface area contributed by atoms with E-state index in [4.69, 9.17) is 5.11 Å². The largest absolute Gasteiger partial charge is 0.478 e. The molecule has 7 heteroatoms. The number of amides is 1. The number of aromatic carboxylic acids is 1. The molecular formula is C18H15N3O4. The second kappa shape index (κ2) is 6.56. The molecule has 126 valence electrons. The molecule has 0 aliphatic rings. The van der Waals surface area contributed by atoms with Gasteiger partial charge in [-0.3, -0.25) is 9.59 Å². The van der Waals surface area contributed by atoms with E-state index < -0.39 is 11.9 Å². The second-order valence-corrected chi connectivity index (χ2v) is 5.51. The SMILES string of the molecule is Cn1nc(C(=O)NCc2ccc(C(=O)O)cc2)c2ccccc2c1=O. The summed E-state index contributed by atoms with van der Waals surface area (Å²) in [7, 11) is 1.50. The fourth-order valence-electron chi connectivity index (χ4n) is 2.50. The van der Waals surface area contributed by atoms with Crippen LogP contribution in [-0.4, -0.2) is 26.8 Å². The zero-order valence-corrected chi connectivity index (χ0v) is 13.4. The fourth-order valence-corrected chi connectivity index (χ4v) is 2.50. The maximum Gasteiger partial charge on any atom is 0.335 e. The first-order chi connectivity index (χ1) is 12.0. The van der Waals surface area contributed by atoms with Crippen molar-refractivity contribution in [1.29, 1.82) is 0 Å². The lowest BCUT2D eigenvalue weighted by Gasteiger charge is -2.09. The van der Waals surface area contributed by atoms with Crippen LogP contribution < -0.4 is 10.9 Å². The van der Waals surface area contributed by atoms with Crippen molar-refractivity contribution in [2.45, 2.75) is 6.54 Å². The van der Waals surface area contributed by atoms with Crippen LogP contribution >= 0.6 is 0 Å². The molecule has 3 aromatic rings. The van der Waals surface area contributed by atoms with E-state index in [-0.39, 0.29) is 23.4 Å². The van der Waals surface area contributed by atoms with Crippen LogP contribution in [0.4, 0.5) is 0 Å². The molecule has 0 atom stereocenters. The third-order valence-electron chi connectivity index (χ3n) is 3.83. The van der Waals surface area contributed by atoms with Crippen LogP contribution in [0.5, 0.6) is 0 Å². The molecule has 7 nitrogen and oxygen atoms in total. The first kappa shape index (κ1) is 16.4. The number of aryl methyl sites for hydroxylation is 1. The van der Waals surface area contributed by atoms with Gasteiger partial charge < -0.3 is 10.4 Å². The Morgan fingerprint density at radius 1 is 1.08 bits per heavy atom. The van der Waals surface area contributed by atoms with Gasteiger partial charge in [0.25, 0.3) is 11.5 Å². The zero-order valence-electron chi connectivity index (χ0n) is 13.4. The highest BCUT2D eigenvalue weighted by molar-refractivity contribution is 6.04. The van der Waals surface area contributed by atoms with Gasteiger partial charge in [-0.15, -0.1) is 0 Å². The summed E-state index contributed by atoms with van der Waals surface area (Å²) in [6, 6.07) is 13.0. The van der Waals surface area contributed by atoms with E-state index in [0.29, 0.717) is 10.8 Å². The van der Waals surface area contributed by atoms with Gasteiger partial charge in [-0.05, 0) is 23.8 Å². The lowest BCUT2D eigenvalue weighted by molar-refractivity contribution is 0.0696. The standard InChI is InChI=1S/C18H15N3O4/c1-21-17(23)14-5-3-2-4-13(14)15(20-21)16(22)19-10-11-6-8-12(9-7-11)18(24)25/h2-9H,10H2,1H3,(H,19,22)(H,24,25). The van der Waals surface area contributed by atoms with Gasteiger partial charge in [-0.25, -0.2) is 9.48 Å². The molecule has 2 aromatic carbocycles. The van der Waals surface area contributed by atoms with Crippen LogP contribution in [0.3, 0.4) is 0 Å². The van der Waals surface area contributed by atoms with Crippen LogP contribution in [0.2, 0.25) is 0 Å².